The Kier molecular flexibility index (Phi) is 10.6. The lowest BCUT2D eigenvalue weighted by Gasteiger charge is -2.30. The van der Waals surface area contributed by atoms with Crippen molar-refractivity contribution >= 4 is 23.3 Å². The number of allylic oxidation sites excluding steroid dienone is 2. The number of hydrogen-bond donors (Lipinski definition) is 2. The molecule has 45 heavy (non-hydrogen) atoms. The van der Waals surface area contributed by atoms with E-state index in [1.54, 1.807) is 38.1 Å². The average molecular weight is 620 g/mol. The van der Waals surface area contributed by atoms with E-state index in [9.17, 15) is 29.8 Å². The molecule has 0 spiro atoms. The van der Waals surface area contributed by atoms with Gasteiger partial charge in [0, 0.05) is 47.3 Å². The SMILES string of the molecule is COC(=O)C1=C(C)NC(C)=C(C(=O)OCCCCCCOc2cc(-c3cccc([N+](=O)[O-])c3)[nH]n2)C1c1cccc([N+](=O)[O-])c1. The standard InChI is InChI=1S/C31H33N5O9/c1-19-27(30(37)43-3)29(22-11-9-13-24(17-22)36(41)42)28(20(2)32-19)31(38)45-15-7-5-4-6-14-44-26-18-25(33-34-26)21-10-8-12-23(16-21)35(39)40/h8-13,16-18,29,32H,4-7,14-15H2,1-3H3,(H,33,34). The molecule has 0 fully saturated rings. The molecule has 2 heterocycles. The molecule has 0 saturated carbocycles. The van der Waals surface area contributed by atoms with Crippen molar-refractivity contribution in [2.45, 2.75) is 45.4 Å². The van der Waals surface area contributed by atoms with Crippen molar-refractivity contribution in [3.8, 4) is 17.1 Å². The van der Waals surface area contributed by atoms with Crippen molar-refractivity contribution in [1.29, 1.82) is 0 Å². The van der Waals surface area contributed by atoms with Gasteiger partial charge in [-0.1, -0.05) is 24.3 Å². The largest absolute Gasteiger partial charge is 0.477 e. The first-order chi connectivity index (χ1) is 21.6. The summed E-state index contributed by atoms with van der Waals surface area (Å²) in [7, 11) is 1.23. The van der Waals surface area contributed by atoms with Crippen LogP contribution in [-0.2, 0) is 19.1 Å². The van der Waals surface area contributed by atoms with E-state index < -0.39 is 27.7 Å². The van der Waals surface area contributed by atoms with Crippen LogP contribution in [-0.4, -0.2) is 52.3 Å². The minimum absolute atomic E-state index is 0.0160. The molecule has 14 nitrogen and oxygen atoms in total. The van der Waals surface area contributed by atoms with Gasteiger partial charge in [-0.05, 0) is 45.1 Å². The first-order valence-electron chi connectivity index (χ1n) is 14.2. The van der Waals surface area contributed by atoms with Gasteiger partial charge in [-0.15, -0.1) is 5.10 Å². The highest BCUT2D eigenvalue weighted by Crippen LogP contribution is 2.40. The Morgan fingerprint density at radius 3 is 2.13 bits per heavy atom. The number of rotatable bonds is 14. The molecule has 0 bridgehead atoms. The molecule has 14 heteroatoms. The number of benzene rings is 2. The zero-order valence-corrected chi connectivity index (χ0v) is 25.0. The Balaban J connectivity index is 1.28. The molecule has 1 aliphatic heterocycles. The molecule has 0 amide bonds. The third-order valence-electron chi connectivity index (χ3n) is 7.24. The van der Waals surface area contributed by atoms with Gasteiger partial charge in [-0.2, -0.15) is 0 Å². The third-order valence-corrected chi connectivity index (χ3v) is 7.24. The van der Waals surface area contributed by atoms with Crippen LogP contribution in [0.1, 0.15) is 51.0 Å². The molecule has 1 aliphatic rings. The number of esters is 2. The van der Waals surface area contributed by atoms with Gasteiger partial charge in [-0.3, -0.25) is 25.3 Å². The number of non-ortho nitro benzene ring substituents is 2. The molecule has 1 aromatic heterocycles. The van der Waals surface area contributed by atoms with Crippen LogP contribution in [0.25, 0.3) is 11.3 Å². The summed E-state index contributed by atoms with van der Waals surface area (Å²) in [5.41, 5.74) is 2.74. The Bertz CT molecular complexity index is 1660. The number of hydrogen-bond acceptors (Lipinski definition) is 11. The van der Waals surface area contributed by atoms with E-state index in [0.29, 0.717) is 47.1 Å². The summed E-state index contributed by atoms with van der Waals surface area (Å²) in [6, 6.07) is 13.7. The van der Waals surface area contributed by atoms with Crippen molar-refractivity contribution in [2.75, 3.05) is 20.3 Å². The summed E-state index contributed by atoms with van der Waals surface area (Å²) in [4.78, 5) is 47.5. The molecule has 0 radical (unpaired) electrons. The minimum Gasteiger partial charge on any atom is -0.477 e. The van der Waals surface area contributed by atoms with Crippen LogP contribution >= 0.6 is 0 Å². The van der Waals surface area contributed by atoms with Crippen LogP contribution in [0.4, 0.5) is 11.4 Å². The zero-order valence-electron chi connectivity index (χ0n) is 25.0. The zero-order chi connectivity index (χ0) is 32.5. The number of H-pyrrole nitrogens is 1. The quantitative estimate of drug-likeness (QED) is 0.101. The number of nitrogens with one attached hydrogen (secondary N) is 2. The van der Waals surface area contributed by atoms with E-state index in [1.165, 1.54) is 37.4 Å². The van der Waals surface area contributed by atoms with E-state index in [-0.39, 0.29) is 29.1 Å². The summed E-state index contributed by atoms with van der Waals surface area (Å²) >= 11 is 0. The molecular weight excluding hydrogens is 586 g/mol. The van der Waals surface area contributed by atoms with E-state index in [0.717, 1.165) is 19.3 Å². The lowest BCUT2D eigenvalue weighted by atomic mass is 9.80. The van der Waals surface area contributed by atoms with Gasteiger partial charge in [0.1, 0.15) is 0 Å². The highest BCUT2D eigenvalue weighted by molar-refractivity contribution is 5.99. The first-order valence-corrected chi connectivity index (χ1v) is 14.2. The van der Waals surface area contributed by atoms with Gasteiger partial charge >= 0.3 is 11.9 Å². The maximum absolute atomic E-state index is 13.3. The molecule has 3 aromatic rings. The predicted molar refractivity (Wildman–Crippen MR) is 162 cm³/mol. The Labute approximate surface area is 258 Å². The van der Waals surface area contributed by atoms with E-state index in [4.69, 9.17) is 14.2 Å². The van der Waals surface area contributed by atoms with Crippen LogP contribution in [0.15, 0.2) is 77.1 Å². The van der Waals surface area contributed by atoms with Gasteiger partial charge in [0.05, 0.1) is 52.9 Å². The molecule has 236 valence electrons. The Hall–Kier alpha value is -5.53. The van der Waals surface area contributed by atoms with Crippen molar-refractivity contribution in [3.63, 3.8) is 0 Å². The van der Waals surface area contributed by atoms with Crippen LogP contribution < -0.4 is 10.1 Å². The summed E-state index contributed by atoms with van der Waals surface area (Å²) < 4.78 is 16.3. The maximum Gasteiger partial charge on any atom is 0.336 e. The highest BCUT2D eigenvalue weighted by Gasteiger charge is 2.38. The summed E-state index contributed by atoms with van der Waals surface area (Å²) in [5, 5.41) is 32.4. The number of unbranched alkanes of at least 4 members (excludes halogenated alkanes) is 3. The number of carbonyl (C=O) groups is 2. The smallest absolute Gasteiger partial charge is 0.336 e. The number of nitro groups is 2. The van der Waals surface area contributed by atoms with Crippen molar-refractivity contribution in [3.05, 3.63) is 103 Å². The molecule has 2 N–H and O–H groups in total. The van der Waals surface area contributed by atoms with Crippen LogP contribution in [0.3, 0.4) is 0 Å². The van der Waals surface area contributed by atoms with Crippen LogP contribution in [0, 0.1) is 20.2 Å². The maximum atomic E-state index is 13.3. The van der Waals surface area contributed by atoms with Gasteiger partial charge < -0.3 is 19.5 Å². The van der Waals surface area contributed by atoms with Crippen molar-refractivity contribution in [2.24, 2.45) is 0 Å². The van der Waals surface area contributed by atoms with Gasteiger partial charge in [0.25, 0.3) is 11.4 Å². The molecule has 0 saturated heterocycles. The van der Waals surface area contributed by atoms with Gasteiger partial charge in [0.15, 0.2) is 0 Å². The minimum atomic E-state index is -0.914. The molecule has 1 unspecified atom stereocenters. The summed E-state index contributed by atoms with van der Waals surface area (Å²) in [5.74, 6) is -1.83. The second-order valence-electron chi connectivity index (χ2n) is 10.3. The fraction of sp³-hybridized carbons (Fsp3) is 0.323. The van der Waals surface area contributed by atoms with E-state index >= 15 is 0 Å². The number of aromatic amines is 1. The normalized spacial score (nSPS) is 14.5. The summed E-state index contributed by atoms with van der Waals surface area (Å²) in [6.07, 6.45) is 2.87. The summed E-state index contributed by atoms with van der Waals surface area (Å²) in [6.45, 7) is 3.91. The highest BCUT2D eigenvalue weighted by atomic mass is 16.6. The van der Waals surface area contributed by atoms with E-state index in [1.807, 2.05) is 0 Å². The number of aromatic nitrogens is 2. The van der Waals surface area contributed by atoms with Crippen LogP contribution in [0.2, 0.25) is 0 Å². The molecule has 2 aromatic carbocycles. The van der Waals surface area contributed by atoms with Crippen LogP contribution in [0.5, 0.6) is 5.88 Å². The second-order valence-corrected chi connectivity index (χ2v) is 10.3. The number of carbonyl (C=O) groups excluding carboxylic acids is 2. The molecule has 1 atom stereocenters. The monoisotopic (exact) mass is 619 g/mol. The number of nitrogens with zero attached hydrogens (tertiary/aromatic N) is 3. The molecular formula is C31H33N5O9. The van der Waals surface area contributed by atoms with Gasteiger partial charge in [0.2, 0.25) is 5.88 Å². The molecule has 0 aliphatic carbocycles. The third kappa shape index (κ3) is 7.90. The fourth-order valence-electron chi connectivity index (χ4n) is 5.09. The fourth-order valence-corrected chi connectivity index (χ4v) is 5.09. The lowest BCUT2D eigenvalue weighted by Crippen LogP contribution is -2.32. The Morgan fingerprint density at radius 1 is 0.844 bits per heavy atom. The average Bonchev–Trinajstić information content (AvgIpc) is 3.50. The number of dihydropyridines is 1. The van der Waals surface area contributed by atoms with Crippen molar-refractivity contribution < 1.29 is 33.6 Å². The Morgan fingerprint density at radius 2 is 1.47 bits per heavy atom. The topological polar surface area (TPSA) is 189 Å². The molecule has 4 rings (SSSR count). The van der Waals surface area contributed by atoms with E-state index in [2.05, 4.69) is 15.5 Å². The second kappa shape index (κ2) is 14.8. The predicted octanol–water partition coefficient (Wildman–Crippen LogP) is 5.48. The number of ether oxygens (including phenoxy) is 3. The van der Waals surface area contributed by atoms with Crippen molar-refractivity contribution in [1.82, 2.24) is 15.5 Å². The first kappa shape index (κ1) is 32.4. The number of nitro benzene ring substituents is 2. The van der Waals surface area contributed by atoms with Gasteiger partial charge in [-0.25, -0.2) is 9.59 Å². The lowest BCUT2D eigenvalue weighted by molar-refractivity contribution is -0.385. The number of methoxy groups -OCH3 is 1.